The van der Waals surface area contributed by atoms with Crippen LogP contribution in [0, 0.1) is 5.92 Å². The minimum atomic E-state index is -0.0621. The van der Waals surface area contributed by atoms with E-state index in [1.807, 2.05) is 30.3 Å². The van der Waals surface area contributed by atoms with E-state index in [2.05, 4.69) is 16.9 Å². The molecule has 1 aliphatic carbocycles. The van der Waals surface area contributed by atoms with E-state index in [0.29, 0.717) is 11.8 Å². The van der Waals surface area contributed by atoms with Gasteiger partial charge in [0.25, 0.3) is 5.56 Å². The second-order valence-corrected chi connectivity index (χ2v) is 4.70. The summed E-state index contributed by atoms with van der Waals surface area (Å²) >= 11 is 0. The molecule has 1 N–H and O–H groups in total. The summed E-state index contributed by atoms with van der Waals surface area (Å²) in [4.78, 5) is 19.0. The van der Waals surface area contributed by atoms with E-state index >= 15 is 0 Å². The molecule has 1 saturated carbocycles. The molecule has 3 heteroatoms. The Morgan fingerprint density at radius 3 is 2.65 bits per heavy atom. The Hall–Kier alpha value is -1.90. The maximum absolute atomic E-state index is 11.6. The molecule has 0 aliphatic heterocycles. The first kappa shape index (κ1) is 10.3. The third-order valence-electron chi connectivity index (χ3n) is 3.29. The van der Waals surface area contributed by atoms with Gasteiger partial charge < -0.3 is 4.98 Å². The number of hydrogen-bond acceptors (Lipinski definition) is 2. The summed E-state index contributed by atoms with van der Waals surface area (Å²) in [6.07, 6.45) is 1.13. The van der Waals surface area contributed by atoms with E-state index in [9.17, 15) is 4.79 Å². The summed E-state index contributed by atoms with van der Waals surface area (Å²) in [5.41, 5.74) is 1.70. The van der Waals surface area contributed by atoms with Crippen LogP contribution in [-0.4, -0.2) is 9.97 Å². The molecule has 1 aromatic heterocycles. The van der Waals surface area contributed by atoms with Gasteiger partial charge in [0.1, 0.15) is 5.82 Å². The molecule has 0 bridgehead atoms. The lowest BCUT2D eigenvalue weighted by molar-refractivity contribution is 0.835. The zero-order valence-corrected chi connectivity index (χ0v) is 9.68. The minimum Gasteiger partial charge on any atom is -0.310 e. The Kier molecular flexibility index (Phi) is 2.32. The Balaban J connectivity index is 2.06. The summed E-state index contributed by atoms with van der Waals surface area (Å²) in [5.74, 6) is 1.92. The largest absolute Gasteiger partial charge is 0.310 e. The molecule has 2 atom stereocenters. The number of aromatic amines is 1. The SMILES string of the molecule is CC1CC1c1nc(-c2ccccc2)cc(=O)[nH]1. The number of H-pyrrole nitrogens is 1. The third-order valence-corrected chi connectivity index (χ3v) is 3.29. The van der Waals surface area contributed by atoms with Gasteiger partial charge in [0.15, 0.2) is 0 Å². The van der Waals surface area contributed by atoms with Gasteiger partial charge in [-0.2, -0.15) is 0 Å². The van der Waals surface area contributed by atoms with Crippen molar-refractivity contribution in [2.24, 2.45) is 5.92 Å². The number of rotatable bonds is 2. The molecule has 1 aromatic carbocycles. The number of benzene rings is 1. The van der Waals surface area contributed by atoms with Gasteiger partial charge in [-0.05, 0) is 12.3 Å². The van der Waals surface area contributed by atoms with Gasteiger partial charge >= 0.3 is 0 Å². The third kappa shape index (κ3) is 2.00. The standard InChI is InChI=1S/C14H14N2O/c1-9-7-11(9)14-15-12(8-13(17)16-14)10-5-3-2-4-6-10/h2-6,8-9,11H,7H2,1H3,(H,15,16,17). The number of nitrogens with zero attached hydrogens (tertiary/aromatic N) is 1. The van der Waals surface area contributed by atoms with Crippen molar-refractivity contribution in [3.63, 3.8) is 0 Å². The van der Waals surface area contributed by atoms with E-state index < -0.39 is 0 Å². The van der Waals surface area contributed by atoms with Crippen molar-refractivity contribution in [2.45, 2.75) is 19.3 Å². The number of hydrogen-bond donors (Lipinski definition) is 1. The van der Waals surface area contributed by atoms with Gasteiger partial charge in [-0.3, -0.25) is 4.79 Å². The summed E-state index contributed by atoms with van der Waals surface area (Å²) < 4.78 is 0. The molecule has 86 valence electrons. The zero-order chi connectivity index (χ0) is 11.8. The Morgan fingerprint density at radius 1 is 1.29 bits per heavy atom. The highest BCUT2D eigenvalue weighted by molar-refractivity contribution is 5.58. The van der Waals surface area contributed by atoms with E-state index in [1.165, 1.54) is 0 Å². The quantitative estimate of drug-likeness (QED) is 0.855. The van der Waals surface area contributed by atoms with E-state index in [4.69, 9.17) is 0 Å². The van der Waals surface area contributed by atoms with Crippen LogP contribution in [0.15, 0.2) is 41.2 Å². The van der Waals surface area contributed by atoms with Crippen LogP contribution < -0.4 is 5.56 Å². The second-order valence-electron chi connectivity index (χ2n) is 4.70. The topological polar surface area (TPSA) is 45.8 Å². The first-order chi connectivity index (χ1) is 8.24. The number of aromatic nitrogens is 2. The highest BCUT2D eigenvalue weighted by Gasteiger charge is 2.36. The second kappa shape index (κ2) is 3.84. The summed E-state index contributed by atoms with van der Waals surface area (Å²) in [6.45, 7) is 2.18. The molecule has 17 heavy (non-hydrogen) atoms. The summed E-state index contributed by atoms with van der Waals surface area (Å²) in [5, 5.41) is 0. The highest BCUT2D eigenvalue weighted by Crippen LogP contribution is 2.45. The molecule has 3 rings (SSSR count). The fourth-order valence-electron chi connectivity index (χ4n) is 2.11. The molecular weight excluding hydrogens is 212 g/mol. The Labute approximate surface area is 99.5 Å². The molecule has 1 heterocycles. The summed E-state index contributed by atoms with van der Waals surface area (Å²) in [6, 6.07) is 11.4. The maximum atomic E-state index is 11.6. The van der Waals surface area contributed by atoms with Gasteiger partial charge in [-0.15, -0.1) is 0 Å². The maximum Gasteiger partial charge on any atom is 0.251 e. The van der Waals surface area contributed by atoms with Crippen LogP contribution in [0.5, 0.6) is 0 Å². The van der Waals surface area contributed by atoms with Crippen LogP contribution in [0.3, 0.4) is 0 Å². The predicted octanol–water partition coefficient (Wildman–Crippen LogP) is 2.56. The molecule has 2 aromatic rings. The molecule has 0 amide bonds. The number of nitrogens with one attached hydrogen (secondary N) is 1. The van der Waals surface area contributed by atoms with Crippen molar-refractivity contribution in [3.8, 4) is 11.3 Å². The highest BCUT2D eigenvalue weighted by atomic mass is 16.1. The molecular formula is C14H14N2O. The van der Waals surface area contributed by atoms with Crippen molar-refractivity contribution in [1.29, 1.82) is 0 Å². The first-order valence-electron chi connectivity index (χ1n) is 5.91. The minimum absolute atomic E-state index is 0.0621. The van der Waals surface area contributed by atoms with Gasteiger partial charge in [0.2, 0.25) is 0 Å². The lowest BCUT2D eigenvalue weighted by Gasteiger charge is -2.03. The molecule has 1 aliphatic rings. The molecule has 2 unspecified atom stereocenters. The normalized spacial score (nSPS) is 22.4. The molecule has 0 spiro atoms. The summed E-state index contributed by atoms with van der Waals surface area (Å²) in [7, 11) is 0. The molecule has 0 saturated heterocycles. The Morgan fingerprint density at radius 2 is 2.00 bits per heavy atom. The van der Waals surface area contributed by atoms with Gasteiger partial charge in [-0.1, -0.05) is 37.3 Å². The van der Waals surface area contributed by atoms with E-state index in [0.717, 1.165) is 23.5 Å². The lowest BCUT2D eigenvalue weighted by Crippen LogP contribution is -2.10. The smallest absolute Gasteiger partial charge is 0.251 e. The average molecular weight is 226 g/mol. The van der Waals surface area contributed by atoms with Crippen molar-refractivity contribution < 1.29 is 0 Å². The van der Waals surface area contributed by atoms with E-state index in [-0.39, 0.29) is 5.56 Å². The van der Waals surface area contributed by atoms with Crippen LogP contribution in [0.2, 0.25) is 0 Å². The van der Waals surface area contributed by atoms with Crippen molar-refractivity contribution >= 4 is 0 Å². The van der Waals surface area contributed by atoms with Crippen LogP contribution >= 0.6 is 0 Å². The van der Waals surface area contributed by atoms with Crippen LogP contribution in [0.25, 0.3) is 11.3 Å². The molecule has 3 nitrogen and oxygen atoms in total. The zero-order valence-electron chi connectivity index (χ0n) is 9.68. The molecule has 1 fully saturated rings. The van der Waals surface area contributed by atoms with Gasteiger partial charge in [-0.25, -0.2) is 4.98 Å². The van der Waals surface area contributed by atoms with Crippen molar-refractivity contribution in [3.05, 3.63) is 52.6 Å². The predicted molar refractivity (Wildman–Crippen MR) is 66.8 cm³/mol. The van der Waals surface area contributed by atoms with Crippen molar-refractivity contribution in [2.75, 3.05) is 0 Å². The lowest BCUT2D eigenvalue weighted by atomic mass is 10.1. The van der Waals surface area contributed by atoms with Gasteiger partial charge in [0.05, 0.1) is 5.69 Å². The Bertz CT molecular complexity index is 589. The van der Waals surface area contributed by atoms with Crippen molar-refractivity contribution in [1.82, 2.24) is 9.97 Å². The van der Waals surface area contributed by atoms with E-state index in [1.54, 1.807) is 6.07 Å². The van der Waals surface area contributed by atoms with Gasteiger partial charge in [0, 0.05) is 17.5 Å². The van der Waals surface area contributed by atoms with Crippen LogP contribution in [-0.2, 0) is 0 Å². The van der Waals surface area contributed by atoms with Crippen LogP contribution in [0.1, 0.15) is 25.1 Å². The fraction of sp³-hybridized carbons (Fsp3) is 0.286. The first-order valence-corrected chi connectivity index (χ1v) is 5.91. The average Bonchev–Trinajstić information content (AvgIpc) is 3.07. The monoisotopic (exact) mass is 226 g/mol. The molecule has 0 radical (unpaired) electrons. The van der Waals surface area contributed by atoms with Crippen LogP contribution in [0.4, 0.5) is 0 Å². The fourth-order valence-corrected chi connectivity index (χ4v) is 2.11.